The first kappa shape index (κ1) is 22.8. The van der Waals surface area contributed by atoms with E-state index in [1.165, 1.54) is 12.1 Å². The summed E-state index contributed by atoms with van der Waals surface area (Å²) in [7, 11) is -4.01. The Balaban J connectivity index is 1.49. The van der Waals surface area contributed by atoms with Crippen LogP contribution >= 0.6 is 11.6 Å². The molecular formula is C23H23ClN2O4S. The van der Waals surface area contributed by atoms with Crippen LogP contribution in [0.4, 0.5) is 0 Å². The highest BCUT2D eigenvalue weighted by atomic mass is 35.5. The van der Waals surface area contributed by atoms with Crippen LogP contribution in [0.2, 0.25) is 5.02 Å². The summed E-state index contributed by atoms with van der Waals surface area (Å²) >= 11 is 5.98. The monoisotopic (exact) mass is 458 g/mol. The zero-order valence-electron chi connectivity index (χ0n) is 16.8. The lowest BCUT2D eigenvalue weighted by Gasteiger charge is -2.10. The van der Waals surface area contributed by atoms with E-state index >= 15 is 0 Å². The molecular weight excluding hydrogens is 436 g/mol. The molecule has 0 aromatic heterocycles. The Morgan fingerprint density at radius 1 is 0.903 bits per heavy atom. The Morgan fingerprint density at radius 2 is 1.58 bits per heavy atom. The third-order valence-corrected chi connectivity index (χ3v) is 6.29. The maximum atomic E-state index is 12.5. The Hall–Kier alpha value is -2.87. The van der Waals surface area contributed by atoms with E-state index in [1.54, 1.807) is 30.3 Å². The molecule has 0 aliphatic carbocycles. The molecule has 0 heterocycles. The Labute approximate surface area is 187 Å². The van der Waals surface area contributed by atoms with Crippen molar-refractivity contribution in [2.45, 2.75) is 17.7 Å². The number of hydrogen-bond donors (Lipinski definition) is 2. The van der Waals surface area contributed by atoms with Gasteiger partial charge in [0.25, 0.3) is 0 Å². The van der Waals surface area contributed by atoms with E-state index in [9.17, 15) is 8.42 Å². The number of hydrogen-bond acceptors (Lipinski definition) is 5. The van der Waals surface area contributed by atoms with Gasteiger partial charge >= 0.3 is 10.1 Å². The molecule has 162 valence electrons. The normalized spacial score (nSPS) is 11.3. The summed E-state index contributed by atoms with van der Waals surface area (Å²) in [5, 5.41) is 7.52. The highest BCUT2D eigenvalue weighted by molar-refractivity contribution is 7.87. The summed E-state index contributed by atoms with van der Waals surface area (Å²) in [5.41, 5.74) is 8.15. The summed E-state index contributed by atoms with van der Waals surface area (Å²) in [4.78, 5) is -0.0678. The zero-order valence-corrected chi connectivity index (χ0v) is 18.3. The fraction of sp³-hybridized carbons (Fsp3) is 0.174. The lowest BCUT2D eigenvalue weighted by atomic mass is 10.1. The van der Waals surface area contributed by atoms with Crippen molar-refractivity contribution in [3.05, 3.63) is 94.5 Å². The van der Waals surface area contributed by atoms with Crippen LogP contribution in [0.3, 0.4) is 0 Å². The van der Waals surface area contributed by atoms with E-state index < -0.39 is 10.1 Å². The molecule has 0 fully saturated rings. The predicted molar refractivity (Wildman–Crippen MR) is 121 cm³/mol. The maximum Gasteiger partial charge on any atom is 0.340 e. The number of halogens is 1. The molecule has 3 aromatic carbocycles. The lowest BCUT2D eigenvalue weighted by molar-refractivity contribution is 0.140. The second-order valence-corrected chi connectivity index (χ2v) is 8.76. The topological polar surface area (TPSA) is 102 Å². The van der Waals surface area contributed by atoms with Gasteiger partial charge in [-0.1, -0.05) is 60.1 Å². The van der Waals surface area contributed by atoms with Gasteiger partial charge < -0.3 is 14.7 Å². The number of nitrogens with two attached hydrogens (primary N) is 1. The standard InChI is InChI=1S/C23H23ClN2O4S/c24-21-6-1-2-7-22(21)31(27,28)30-20-5-3-4-18(16-20)13-15-29-14-12-17-8-10-19(11-9-17)23(25)26/h1-11,16H,12-15H2,(H3,25,26). The van der Waals surface area contributed by atoms with Crippen LogP contribution in [0.1, 0.15) is 16.7 Å². The molecule has 0 spiro atoms. The van der Waals surface area contributed by atoms with Gasteiger partial charge in [-0.25, -0.2) is 0 Å². The van der Waals surface area contributed by atoms with Crippen molar-refractivity contribution in [2.24, 2.45) is 5.73 Å². The molecule has 3 aromatic rings. The van der Waals surface area contributed by atoms with Crippen molar-refractivity contribution in [1.82, 2.24) is 0 Å². The average molecular weight is 459 g/mol. The molecule has 0 saturated carbocycles. The molecule has 31 heavy (non-hydrogen) atoms. The number of rotatable bonds is 10. The smallest absolute Gasteiger partial charge is 0.340 e. The number of benzene rings is 3. The van der Waals surface area contributed by atoms with Gasteiger partial charge in [-0.05, 0) is 48.2 Å². The van der Waals surface area contributed by atoms with Crippen LogP contribution in [-0.2, 0) is 27.7 Å². The first-order valence-corrected chi connectivity index (χ1v) is 11.4. The summed E-state index contributed by atoms with van der Waals surface area (Å²) in [6.45, 7) is 1.04. The largest absolute Gasteiger partial charge is 0.384 e. The first-order valence-electron chi connectivity index (χ1n) is 9.64. The summed E-state index contributed by atoms with van der Waals surface area (Å²) < 4.78 is 35.9. The van der Waals surface area contributed by atoms with E-state index in [-0.39, 0.29) is 21.5 Å². The number of nitrogen functional groups attached to an aromatic ring is 1. The molecule has 0 radical (unpaired) electrons. The molecule has 0 amide bonds. The summed E-state index contributed by atoms with van der Waals surface area (Å²) in [5.74, 6) is 0.275. The third-order valence-electron chi connectivity index (χ3n) is 4.55. The van der Waals surface area contributed by atoms with Gasteiger partial charge in [-0.2, -0.15) is 8.42 Å². The molecule has 0 aliphatic heterocycles. The van der Waals surface area contributed by atoms with Crippen molar-refractivity contribution >= 4 is 27.6 Å². The molecule has 0 atom stereocenters. The molecule has 3 N–H and O–H groups in total. The van der Waals surface area contributed by atoms with Crippen molar-refractivity contribution in [3.63, 3.8) is 0 Å². The molecule has 0 aliphatic rings. The van der Waals surface area contributed by atoms with Gasteiger partial charge in [-0.15, -0.1) is 0 Å². The highest BCUT2D eigenvalue weighted by Crippen LogP contribution is 2.25. The van der Waals surface area contributed by atoms with Gasteiger partial charge in [0, 0.05) is 5.56 Å². The predicted octanol–water partition coefficient (Wildman–Crippen LogP) is 4.19. The van der Waals surface area contributed by atoms with Gasteiger partial charge in [0.15, 0.2) is 0 Å². The van der Waals surface area contributed by atoms with Crippen molar-refractivity contribution in [1.29, 1.82) is 5.41 Å². The van der Waals surface area contributed by atoms with E-state index in [2.05, 4.69) is 0 Å². The summed E-state index contributed by atoms with van der Waals surface area (Å²) in [6.07, 6.45) is 1.37. The average Bonchev–Trinajstić information content (AvgIpc) is 2.74. The first-order chi connectivity index (χ1) is 14.8. The van der Waals surface area contributed by atoms with Crippen molar-refractivity contribution in [3.8, 4) is 5.75 Å². The molecule has 0 unspecified atom stereocenters. The maximum absolute atomic E-state index is 12.5. The highest BCUT2D eigenvalue weighted by Gasteiger charge is 2.19. The minimum atomic E-state index is -4.01. The van der Waals surface area contributed by atoms with E-state index in [4.69, 9.17) is 31.7 Å². The van der Waals surface area contributed by atoms with Crippen LogP contribution < -0.4 is 9.92 Å². The van der Waals surface area contributed by atoms with Gasteiger partial charge in [0.1, 0.15) is 16.5 Å². The Kier molecular flexibility index (Phi) is 7.68. The second kappa shape index (κ2) is 10.4. The second-order valence-electron chi connectivity index (χ2n) is 6.84. The van der Waals surface area contributed by atoms with Crippen LogP contribution in [0.15, 0.2) is 77.7 Å². The number of amidine groups is 1. The SMILES string of the molecule is N=C(N)c1ccc(CCOCCc2cccc(OS(=O)(=O)c3ccccc3Cl)c2)cc1. The minimum absolute atomic E-state index is 0.0497. The fourth-order valence-electron chi connectivity index (χ4n) is 2.90. The minimum Gasteiger partial charge on any atom is -0.384 e. The van der Waals surface area contributed by atoms with Crippen molar-refractivity contribution < 1.29 is 17.3 Å². The molecule has 8 heteroatoms. The number of ether oxygens (including phenoxy) is 1. The quantitative estimate of drug-likeness (QED) is 0.205. The van der Waals surface area contributed by atoms with Gasteiger partial charge in [0.2, 0.25) is 0 Å². The zero-order chi connectivity index (χ0) is 22.3. The molecule has 0 bridgehead atoms. The third kappa shape index (κ3) is 6.55. The van der Waals surface area contributed by atoms with Crippen molar-refractivity contribution in [2.75, 3.05) is 13.2 Å². The van der Waals surface area contributed by atoms with Crippen LogP contribution in [0.5, 0.6) is 5.75 Å². The Bertz CT molecular complexity index is 1150. The lowest BCUT2D eigenvalue weighted by Crippen LogP contribution is -2.11. The number of nitrogens with one attached hydrogen (secondary N) is 1. The van der Waals surface area contributed by atoms with Crippen LogP contribution in [0.25, 0.3) is 0 Å². The van der Waals surface area contributed by atoms with Crippen LogP contribution in [-0.4, -0.2) is 27.5 Å². The van der Waals surface area contributed by atoms with E-state index in [1.807, 2.05) is 30.3 Å². The van der Waals surface area contributed by atoms with Gasteiger partial charge in [0.05, 0.1) is 18.2 Å². The Morgan fingerprint density at radius 3 is 2.26 bits per heavy atom. The van der Waals surface area contributed by atoms with Crippen LogP contribution in [0, 0.1) is 5.41 Å². The van der Waals surface area contributed by atoms with Gasteiger partial charge in [-0.3, -0.25) is 5.41 Å². The fourth-order valence-corrected chi connectivity index (χ4v) is 4.32. The molecule has 3 rings (SSSR count). The van der Waals surface area contributed by atoms with E-state index in [0.717, 1.165) is 17.5 Å². The summed E-state index contributed by atoms with van der Waals surface area (Å²) in [6, 6.07) is 20.5. The molecule has 0 saturated heterocycles. The molecule has 6 nitrogen and oxygen atoms in total. The van der Waals surface area contributed by atoms with E-state index in [0.29, 0.717) is 25.2 Å².